The molecule has 1 aromatic rings. The summed E-state index contributed by atoms with van der Waals surface area (Å²) in [5.74, 6) is 0.838. The zero-order valence-corrected chi connectivity index (χ0v) is 11.2. The molecule has 5 heteroatoms. The molecular formula is C13H18N2O2S. The Labute approximate surface area is 111 Å². The van der Waals surface area contributed by atoms with Gasteiger partial charge in [0, 0.05) is 25.0 Å². The van der Waals surface area contributed by atoms with E-state index < -0.39 is 5.97 Å². The zero-order valence-electron chi connectivity index (χ0n) is 10.3. The van der Waals surface area contributed by atoms with Crippen molar-refractivity contribution >= 4 is 17.3 Å². The third-order valence-electron chi connectivity index (χ3n) is 3.55. The molecule has 1 aromatic heterocycles. The summed E-state index contributed by atoms with van der Waals surface area (Å²) in [5, 5.41) is 11.0. The Bertz CT molecular complexity index is 424. The van der Waals surface area contributed by atoms with Gasteiger partial charge in [0.25, 0.3) is 0 Å². The molecule has 0 aliphatic heterocycles. The highest BCUT2D eigenvalue weighted by atomic mass is 32.1. The topological polar surface area (TPSA) is 53.4 Å². The third-order valence-corrected chi connectivity index (χ3v) is 4.43. The minimum absolute atomic E-state index is 0.211. The standard InChI is InChI=1S/C13H18N2O2S/c16-13(17)12-14-11(8-18-12)7-15(5-9-1-2-9)6-10-3-4-10/h8-10H,1-7H2,(H,16,17). The van der Waals surface area contributed by atoms with Crippen LogP contribution in [-0.4, -0.2) is 34.0 Å². The highest BCUT2D eigenvalue weighted by Gasteiger charge is 2.29. The van der Waals surface area contributed by atoms with Crippen LogP contribution in [0.1, 0.15) is 41.2 Å². The lowest BCUT2D eigenvalue weighted by Gasteiger charge is -2.20. The summed E-state index contributed by atoms with van der Waals surface area (Å²) in [6.07, 6.45) is 5.44. The van der Waals surface area contributed by atoms with Crippen LogP contribution >= 0.6 is 11.3 Å². The van der Waals surface area contributed by atoms with E-state index in [-0.39, 0.29) is 5.01 Å². The fraction of sp³-hybridized carbons (Fsp3) is 0.692. The minimum atomic E-state index is -0.915. The molecule has 0 bridgehead atoms. The maximum atomic E-state index is 10.8. The predicted octanol–water partition coefficient (Wildman–Crippen LogP) is 2.46. The van der Waals surface area contributed by atoms with Gasteiger partial charge in [-0.05, 0) is 37.5 Å². The molecule has 1 N–H and O–H groups in total. The molecule has 1 heterocycles. The average molecular weight is 266 g/mol. The zero-order chi connectivity index (χ0) is 12.5. The van der Waals surface area contributed by atoms with Crippen molar-refractivity contribution in [2.45, 2.75) is 32.2 Å². The molecule has 3 rings (SSSR count). The number of rotatable bonds is 7. The van der Waals surface area contributed by atoms with E-state index >= 15 is 0 Å². The number of aromatic nitrogens is 1. The van der Waals surface area contributed by atoms with E-state index in [1.54, 1.807) is 0 Å². The van der Waals surface area contributed by atoms with Gasteiger partial charge in [-0.3, -0.25) is 4.90 Å². The lowest BCUT2D eigenvalue weighted by molar-refractivity contribution is 0.0696. The lowest BCUT2D eigenvalue weighted by atomic mass is 10.3. The van der Waals surface area contributed by atoms with Crippen LogP contribution in [0.25, 0.3) is 0 Å². The molecule has 0 spiro atoms. The molecular weight excluding hydrogens is 248 g/mol. The first-order valence-corrected chi connectivity index (χ1v) is 7.48. The van der Waals surface area contributed by atoms with Gasteiger partial charge in [0.2, 0.25) is 5.01 Å². The second-order valence-corrected chi connectivity index (χ2v) is 6.39. The van der Waals surface area contributed by atoms with E-state index in [0.29, 0.717) is 0 Å². The predicted molar refractivity (Wildman–Crippen MR) is 69.8 cm³/mol. The minimum Gasteiger partial charge on any atom is -0.476 e. The Morgan fingerprint density at radius 3 is 2.39 bits per heavy atom. The van der Waals surface area contributed by atoms with Crippen LogP contribution in [0.15, 0.2) is 5.38 Å². The number of hydrogen-bond donors (Lipinski definition) is 1. The molecule has 2 aliphatic carbocycles. The Kier molecular flexibility index (Phi) is 3.35. The van der Waals surface area contributed by atoms with Gasteiger partial charge < -0.3 is 5.11 Å². The van der Waals surface area contributed by atoms with Gasteiger partial charge in [0.05, 0.1) is 5.69 Å². The molecule has 98 valence electrons. The van der Waals surface area contributed by atoms with Crippen molar-refractivity contribution in [3.63, 3.8) is 0 Å². The number of carboxylic acid groups (broad SMARTS) is 1. The second kappa shape index (κ2) is 4.97. The summed E-state index contributed by atoms with van der Waals surface area (Å²) in [4.78, 5) is 17.5. The first-order valence-electron chi connectivity index (χ1n) is 6.61. The molecule has 2 saturated carbocycles. The van der Waals surface area contributed by atoms with E-state index in [1.165, 1.54) is 37.0 Å². The molecule has 2 fully saturated rings. The number of hydrogen-bond acceptors (Lipinski definition) is 4. The van der Waals surface area contributed by atoms with Crippen molar-refractivity contribution < 1.29 is 9.90 Å². The first-order chi connectivity index (χ1) is 8.70. The second-order valence-electron chi connectivity index (χ2n) is 5.53. The van der Waals surface area contributed by atoms with Crippen molar-refractivity contribution in [3.05, 3.63) is 16.1 Å². The normalized spacial score (nSPS) is 19.4. The summed E-state index contributed by atoms with van der Waals surface area (Å²) in [6, 6.07) is 0. The van der Waals surface area contributed by atoms with Gasteiger partial charge in [-0.15, -0.1) is 11.3 Å². The highest BCUT2D eigenvalue weighted by Crippen LogP contribution is 2.34. The maximum absolute atomic E-state index is 10.8. The lowest BCUT2D eigenvalue weighted by Crippen LogP contribution is -2.28. The van der Waals surface area contributed by atoms with Crippen LogP contribution < -0.4 is 0 Å². The summed E-state index contributed by atoms with van der Waals surface area (Å²) in [6.45, 7) is 3.14. The molecule has 0 aromatic carbocycles. The Hall–Kier alpha value is -0.940. The van der Waals surface area contributed by atoms with Gasteiger partial charge >= 0.3 is 5.97 Å². The van der Waals surface area contributed by atoms with Crippen molar-refractivity contribution in [3.8, 4) is 0 Å². The van der Waals surface area contributed by atoms with Crippen LogP contribution in [0, 0.1) is 11.8 Å². The fourth-order valence-electron chi connectivity index (χ4n) is 2.24. The van der Waals surface area contributed by atoms with E-state index in [4.69, 9.17) is 5.11 Å². The monoisotopic (exact) mass is 266 g/mol. The molecule has 18 heavy (non-hydrogen) atoms. The molecule has 0 saturated heterocycles. The molecule has 2 aliphatic rings. The van der Waals surface area contributed by atoms with E-state index in [1.807, 2.05) is 5.38 Å². The van der Waals surface area contributed by atoms with E-state index in [0.717, 1.165) is 37.2 Å². The highest BCUT2D eigenvalue weighted by molar-refractivity contribution is 7.11. The van der Waals surface area contributed by atoms with Crippen LogP contribution in [0.2, 0.25) is 0 Å². The average Bonchev–Trinajstić information content (AvgIpc) is 3.22. The van der Waals surface area contributed by atoms with Crippen molar-refractivity contribution in [2.75, 3.05) is 13.1 Å². The number of carbonyl (C=O) groups is 1. The summed E-state index contributed by atoms with van der Waals surface area (Å²) < 4.78 is 0. The molecule has 0 unspecified atom stereocenters. The van der Waals surface area contributed by atoms with Crippen molar-refractivity contribution in [1.82, 2.24) is 9.88 Å². The van der Waals surface area contributed by atoms with Gasteiger partial charge in [-0.1, -0.05) is 0 Å². The number of thiazole rings is 1. The Morgan fingerprint density at radius 2 is 1.94 bits per heavy atom. The van der Waals surface area contributed by atoms with Crippen LogP contribution in [0.5, 0.6) is 0 Å². The van der Waals surface area contributed by atoms with Crippen molar-refractivity contribution in [1.29, 1.82) is 0 Å². The summed E-state index contributed by atoms with van der Waals surface area (Å²) in [7, 11) is 0. The number of carboxylic acids is 1. The van der Waals surface area contributed by atoms with Gasteiger partial charge in [-0.25, -0.2) is 9.78 Å². The van der Waals surface area contributed by atoms with Crippen molar-refractivity contribution in [2.24, 2.45) is 11.8 Å². The SMILES string of the molecule is O=C(O)c1nc(CN(CC2CC2)CC2CC2)cs1. The maximum Gasteiger partial charge on any atom is 0.365 e. The quantitative estimate of drug-likeness (QED) is 0.823. The summed E-state index contributed by atoms with van der Waals surface area (Å²) >= 11 is 1.23. The van der Waals surface area contributed by atoms with Crippen LogP contribution in [0.4, 0.5) is 0 Å². The van der Waals surface area contributed by atoms with Gasteiger partial charge in [0.1, 0.15) is 0 Å². The molecule has 0 atom stereocenters. The Balaban J connectivity index is 1.59. The largest absolute Gasteiger partial charge is 0.476 e. The molecule has 4 nitrogen and oxygen atoms in total. The number of nitrogens with zero attached hydrogens (tertiary/aromatic N) is 2. The molecule has 0 amide bonds. The fourth-order valence-corrected chi connectivity index (χ4v) is 2.89. The summed E-state index contributed by atoms with van der Waals surface area (Å²) in [5.41, 5.74) is 0.915. The van der Waals surface area contributed by atoms with E-state index in [2.05, 4.69) is 9.88 Å². The van der Waals surface area contributed by atoms with Gasteiger partial charge in [-0.2, -0.15) is 0 Å². The van der Waals surface area contributed by atoms with E-state index in [9.17, 15) is 4.79 Å². The van der Waals surface area contributed by atoms with Gasteiger partial charge in [0.15, 0.2) is 0 Å². The van der Waals surface area contributed by atoms with Crippen LogP contribution in [-0.2, 0) is 6.54 Å². The third kappa shape index (κ3) is 3.29. The molecule has 0 radical (unpaired) electrons. The Morgan fingerprint density at radius 1 is 1.33 bits per heavy atom. The smallest absolute Gasteiger partial charge is 0.365 e. The number of aromatic carboxylic acids is 1. The first kappa shape index (κ1) is 12.1. The van der Waals surface area contributed by atoms with Crippen LogP contribution in [0.3, 0.4) is 0 Å².